The molecule has 0 spiro atoms. The van der Waals surface area contributed by atoms with Gasteiger partial charge in [0.05, 0.1) is 30.7 Å². The number of benzene rings is 1. The summed E-state index contributed by atoms with van der Waals surface area (Å²) in [6.45, 7) is 1.82. The Kier molecular flexibility index (Phi) is 12.3. The van der Waals surface area contributed by atoms with Gasteiger partial charge in [0.25, 0.3) is 0 Å². The van der Waals surface area contributed by atoms with Gasteiger partial charge in [-0.2, -0.15) is 0 Å². The Morgan fingerprint density at radius 2 is 1.59 bits per heavy atom. The zero-order valence-corrected chi connectivity index (χ0v) is 27.3. The highest BCUT2D eigenvalue weighted by atomic mass is 16.2. The zero-order chi connectivity index (χ0) is 33.4. The molecule has 2 aliphatic heterocycles. The average Bonchev–Trinajstić information content (AvgIpc) is 3.43. The molecule has 3 fully saturated rings. The Bertz CT molecular complexity index is 1260. The average molecular weight is 640 g/mol. The van der Waals surface area contributed by atoms with Crippen LogP contribution in [0.25, 0.3) is 0 Å². The Hall–Kier alpha value is -3.85. The van der Waals surface area contributed by atoms with Crippen LogP contribution in [0.5, 0.6) is 0 Å². The van der Waals surface area contributed by atoms with E-state index in [2.05, 4.69) is 21.3 Å². The maximum absolute atomic E-state index is 13.6. The number of hydrogen-bond acceptors (Lipinski definition) is 11. The summed E-state index contributed by atoms with van der Waals surface area (Å²) in [5.74, 6) is 12.1. The number of nitrogens with one attached hydrogen (secondary N) is 4. The summed E-state index contributed by atoms with van der Waals surface area (Å²) in [6.07, 6.45) is 9.50. The third kappa shape index (κ3) is 8.29. The van der Waals surface area contributed by atoms with E-state index in [-0.39, 0.29) is 48.4 Å². The lowest BCUT2D eigenvalue weighted by Gasteiger charge is -2.45. The summed E-state index contributed by atoms with van der Waals surface area (Å²) in [5.41, 5.74) is 14.7. The smallest absolute Gasteiger partial charge is 0.246 e. The van der Waals surface area contributed by atoms with Crippen LogP contribution in [0.4, 0.5) is 0 Å². The highest BCUT2D eigenvalue weighted by Crippen LogP contribution is 2.32. The molecule has 3 amide bonds. The second kappa shape index (κ2) is 16.1. The van der Waals surface area contributed by atoms with Gasteiger partial charge < -0.3 is 47.7 Å². The van der Waals surface area contributed by atoms with E-state index in [0.29, 0.717) is 24.2 Å². The number of hydrazine groups is 2. The number of nitrogens with two attached hydrogens (primary N) is 4. The first-order chi connectivity index (χ1) is 22.0. The molecule has 6 unspecified atom stereocenters. The first-order valence-corrected chi connectivity index (χ1v) is 16.3. The topological polar surface area (TPSA) is 213 Å². The zero-order valence-electron chi connectivity index (χ0n) is 27.3. The molecule has 2 heterocycles. The van der Waals surface area contributed by atoms with E-state index in [1.807, 2.05) is 37.4 Å². The fourth-order valence-corrected chi connectivity index (χ4v) is 6.66. The lowest BCUT2D eigenvalue weighted by molar-refractivity contribution is -0.144. The first-order valence-electron chi connectivity index (χ1n) is 16.3. The lowest BCUT2D eigenvalue weighted by Crippen LogP contribution is -2.59. The molecule has 1 saturated carbocycles. The quantitative estimate of drug-likeness (QED) is 0.102. The summed E-state index contributed by atoms with van der Waals surface area (Å²) in [5, 5.41) is 15.1. The van der Waals surface area contributed by atoms with Crippen molar-refractivity contribution < 1.29 is 14.4 Å². The molecule has 254 valence electrons. The SMILES string of the molecule is CNC(/C(N)=C/N(N)C1CCC1N(N)/C=C(\N)CNC(=O)C1CCC2CCCCC(NC(=O)[C@H](C)NC)C(=O)N21)c1ccccc1. The fourth-order valence-electron chi connectivity index (χ4n) is 6.66. The number of carbonyl (C=O) groups excluding carboxylic acids is 3. The van der Waals surface area contributed by atoms with Gasteiger partial charge in [-0.3, -0.25) is 14.4 Å². The van der Waals surface area contributed by atoms with Crippen molar-refractivity contribution in [3.8, 4) is 0 Å². The fraction of sp³-hybridized carbons (Fsp3) is 0.594. The molecule has 1 aliphatic carbocycles. The van der Waals surface area contributed by atoms with Crippen molar-refractivity contribution in [1.29, 1.82) is 0 Å². The third-order valence-corrected chi connectivity index (χ3v) is 9.58. The van der Waals surface area contributed by atoms with Crippen LogP contribution in [0, 0.1) is 0 Å². The van der Waals surface area contributed by atoms with Gasteiger partial charge in [0.1, 0.15) is 12.1 Å². The van der Waals surface area contributed by atoms with Crippen LogP contribution in [-0.2, 0) is 14.4 Å². The minimum atomic E-state index is -0.652. The monoisotopic (exact) mass is 639 g/mol. The predicted octanol–water partition coefficient (Wildman–Crippen LogP) is -0.428. The number of nitrogens with zero attached hydrogens (tertiary/aromatic N) is 3. The van der Waals surface area contributed by atoms with Gasteiger partial charge in [-0.1, -0.05) is 43.2 Å². The van der Waals surface area contributed by atoms with Crippen LogP contribution in [-0.4, -0.2) is 89.5 Å². The summed E-state index contributed by atoms with van der Waals surface area (Å²) in [7, 11) is 3.55. The van der Waals surface area contributed by atoms with Crippen LogP contribution < -0.4 is 44.4 Å². The molecule has 2 saturated heterocycles. The molecule has 0 radical (unpaired) electrons. The minimum Gasteiger partial charge on any atom is -0.399 e. The van der Waals surface area contributed by atoms with Crippen LogP contribution in [0.1, 0.15) is 69.9 Å². The van der Waals surface area contributed by atoms with Gasteiger partial charge >= 0.3 is 0 Å². The van der Waals surface area contributed by atoms with E-state index < -0.39 is 18.1 Å². The Labute approximate surface area is 272 Å². The molecule has 4 rings (SSSR count). The normalized spacial score (nSPS) is 26.6. The summed E-state index contributed by atoms with van der Waals surface area (Å²) in [6, 6.07) is 7.82. The molecule has 0 bridgehead atoms. The maximum atomic E-state index is 13.6. The second-order valence-electron chi connectivity index (χ2n) is 12.6. The van der Waals surface area contributed by atoms with E-state index in [4.69, 9.17) is 23.2 Å². The number of likely N-dealkylation sites (N-methyl/N-ethyl adjacent to an activating group) is 2. The van der Waals surface area contributed by atoms with Gasteiger partial charge in [0.15, 0.2) is 0 Å². The van der Waals surface area contributed by atoms with E-state index in [0.717, 1.165) is 44.1 Å². The van der Waals surface area contributed by atoms with Gasteiger partial charge in [-0.15, -0.1) is 0 Å². The largest absolute Gasteiger partial charge is 0.399 e. The van der Waals surface area contributed by atoms with Gasteiger partial charge in [-0.25, -0.2) is 11.7 Å². The third-order valence-electron chi connectivity index (χ3n) is 9.58. The van der Waals surface area contributed by atoms with Crippen molar-refractivity contribution >= 4 is 17.7 Å². The molecule has 14 nitrogen and oxygen atoms in total. The molecule has 0 aromatic heterocycles. The van der Waals surface area contributed by atoms with Gasteiger partial charge in [0, 0.05) is 29.8 Å². The van der Waals surface area contributed by atoms with Crippen molar-refractivity contribution in [3.05, 3.63) is 59.7 Å². The minimum absolute atomic E-state index is 0.0222. The van der Waals surface area contributed by atoms with E-state index in [1.165, 1.54) is 0 Å². The Balaban J connectivity index is 1.33. The molecule has 12 N–H and O–H groups in total. The second-order valence-corrected chi connectivity index (χ2v) is 12.6. The molecule has 1 aromatic rings. The van der Waals surface area contributed by atoms with Crippen LogP contribution in [0.3, 0.4) is 0 Å². The first kappa shape index (κ1) is 35.0. The van der Waals surface area contributed by atoms with Crippen molar-refractivity contribution in [2.45, 2.75) is 101 Å². The van der Waals surface area contributed by atoms with Crippen molar-refractivity contribution in [1.82, 2.24) is 36.2 Å². The standard InChI is InChI=1S/C32H53N11O3/c1-20(37-2)30(44)40-25-12-8-7-11-23-13-14-28(43(23)32(25)46)31(45)39-17-22(33)18-41(35)26-15-16-27(26)42(36)19-24(34)29(38-3)21-9-5-4-6-10-21/h4-6,9-10,18-20,23,25-29,37-38H,7-8,11-17,33-36H2,1-3H3,(H,39,45)(H,40,44)/b22-18-,24-19-/t20-,23?,25?,26?,27?,28?,29?/m0/s1. The molecule has 46 heavy (non-hydrogen) atoms. The number of hydrogen-bond donors (Lipinski definition) is 8. The summed E-state index contributed by atoms with van der Waals surface area (Å²) < 4.78 is 0. The van der Waals surface area contributed by atoms with Crippen molar-refractivity contribution in [3.63, 3.8) is 0 Å². The Morgan fingerprint density at radius 1 is 0.935 bits per heavy atom. The highest BCUT2D eigenvalue weighted by molar-refractivity contribution is 5.93. The number of fused-ring (bicyclic) bond motifs is 1. The van der Waals surface area contributed by atoms with Crippen molar-refractivity contribution in [2.75, 3.05) is 20.6 Å². The molecule has 1 aromatic carbocycles. The maximum Gasteiger partial charge on any atom is 0.246 e. The summed E-state index contributed by atoms with van der Waals surface area (Å²) >= 11 is 0. The molecular weight excluding hydrogens is 586 g/mol. The van der Waals surface area contributed by atoms with Crippen LogP contribution in [0.2, 0.25) is 0 Å². The molecule has 3 aliphatic rings. The number of amides is 3. The molecule has 7 atom stereocenters. The summed E-state index contributed by atoms with van der Waals surface area (Å²) in [4.78, 5) is 41.3. The predicted molar refractivity (Wildman–Crippen MR) is 177 cm³/mol. The lowest BCUT2D eigenvalue weighted by atomic mass is 9.85. The van der Waals surface area contributed by atoms with Crippen LogP contribution >= 0.6 is 0 Å². The molecule has 14 heteroatoms. The Morgan fingerprint density at radius 3 is 2.22 bits per heavy atom. The van der Waals surface area contributed by atoms with Crippen LogP contribution in [0.15, 0.2) is 54.1 Å². The van der Waals surface area contributed by atoms with E-state index in [9.17, 15) is 14.4 Å². The van der Waals surface area contributed by atoms with Crippen molar-refractivity contribution in [2.24, 2.45) is 23.2 Å². The number of carbonyl (C=O) groups is 3. The highest BCUT2D eigenvalue weighted by Gasteiger charge is 2.44. The molecular formula is C32H53N11O3. The van der Waals surface area contributed by atoms with E-state index >= 15 is 0 Å². The number of rotatable bonds is 13. The van der Waals surface area contributed by atoms with Gasteiger partial charge in [0.2, 0.25) is 17.7 Å². The van der Waals surface area contributed by atoms with E-state index in [1.54, 1.807) is 41.3 Å². The van der Waals surface area contributed by atoms with Gasteiger partial charge in [-0.05, 0) is 65.1 Å².